The van der Waals surface area contributed by atoms with E-state index in [9.17, 15) is 4.79 Å². The number of hydrogen-bond acceptors (Lipinski definition) is 2. The summed E-state index contributed by atoms with van der Waals surface area (Å²) in [5, 5.41) is 3.88. The van der Waals surface area contributed by atoms with Crippen LogP contribution < -0.4 is 10.1 Å². The summed E-state index contributed by atoms with van der Waals surface area (Å²) in [4.78, 5) is 11.7. The van der Waals surface area contributed by atoms with Crippen molar-refractivity contribution < 1.29 is 9.53 Å². The number of anilines is 1. The molecule has 0 fully saturated rings. The largest absolute Gasteiger partial charge is 0.488 e. The molecule has 1 N–H and O–H groups in total. The van der Waals surface area contributed by atoms with Gasteiger partial charge < -0.3 is 10.1 Å². The SMILES string of the molecule is Cc1cc(OCC=CC(=O)Nc2ccccc2)c(Cl)c(C)c1Cl. The van der Waals surface area contributed by atoms with E-state index >= 15 is 0 Å². The molecule has 0 saturated heterocycles. The molecular weight excluding hydrogens is 333 g/mol. The van der Waals surface area contributed by atoms with Crippen molar-refractivity contribution in [2.24, 2.45) is 0 Å². The van der Waals surface area contributed by atoms with Crippen LogP contribution in [0.1, 0.15) is 11.1 Å². The lowest BCUT2D eigenvalue weighted by Crippen LogP contribution is -2.08. The predicted octanol–water partition coefficient (Wildman–Crippen LogP) is 5.18. The second-order valence-corrected chi connectivity index (χ2v) is 5.77. The molecule has 120 valence electrons. The number of carbonyl (C=O) groups is 1. The highest BCUT2D eigenvalue weighted by Gasteiger charge is 2.10. The second kappa shape index (κ2) is 8.04. The zero-order chi connectivity index (χ0) is 16.8. The molecule has 0 aliphatic carbocycles. The van der Waals surface area contributed by atoms with Crippen LogP contribution in [0.2, 0.25) is 10.0 Å². The minimum Gasteiger partial charge on any atom is -0.488 e. The van der Waals surface area contributed by atoms with Crippen LogP contribution in [0.25, 0.3) is 0 Å². The van der Waals surface area contributed by atoms with Crippen molar-refractivity contribution in [2.45, 2.75) is 13.8 Å². The van der Waals surface area contributed by atoms with Gasteiger partial charge >= 0.3 is 0 Å². The summed E-state index contributed by atoms with van der Waals surface area (Å²) >= 11 is 12.3. The maximum Gasteiger partial charge on any atom is 0.248 e. The fraction of sp³-hybridized carbons (Fsp3) is 0.167. The molecule has 3 nitrogen and oxygen atoms in total. The van der Waals surface area contributed by atoms with E-state index in [4.69, 9.17) is 27.9 Å². The Hall–Kier alpha value is -1.97. The molecule has 0 atom stereocenters. The van der Waals surface area contributed by atoms with Crippen molar-refractivity contribution in [3.63, 3.8) is 0 Å². The third-order valence-corrected chi connectivity index (χ3v) is 4.27. The number of para-hydroxylation sites is 1. The molecule has 0 aliphatic rings. The van der Waals surface area contributed by atoms with Gasteiger partial charge in [0.2, 0.25) is 5.91 Å². The molecule has 0 bridgehead atoms. The average molecular weight is 350 g/mol. The number of amides is 1. The third kappa shape index (κ3) is 4.75. The molecule has 1 amide bonds. The maximum absolute atomic E-state index is 11.7. The van der Waals surface area contributed by atoms with Crippen LogP contribution in [0, 0.1) is 13.8 Å². The topological polar surface area (TPSA) is 38.3 Å². The minimum atomic E-state index is -0.214. The Bertz CT molecular complexity index is 728. The number of carbonyl (C=O) groups excluding carboxylic acids is 1. The average Bonchev–Trinajstić information content (AvgIpc) is 2.55. The molecule has 0 unspecified atom stereocenters. The molecule has 0 spiro atoms. The van der Waals surface area contributed by atoms with Gasteiger partial charge in [-0.15, -0.1) is 0 Å². The minimum absolute atomic E-state index is 0.214. The van der Waals surface area contributed by atoms with Gasteiger partial charge in [0, 0.05) is 16.8 Å². The Morgan fingerprint density at radius 1 is 1.17 bits per heavy atom. The number of benzene rings is 2. The number of nitrogens with one attached hydrogen (secondary N) is 1. The molecule has 0 aliphatic heterocycles. The van der Waals surface area contributed by atoms with Gasteiger partial charge in [-0.3, -0.25) is 4.79 Å². The molecule has 0 aromatic heterocycles. The number of hydrogen-bond donors (Lipinski definition) is 1. The molecular formula is C18H17Cl2NO2. The van der Waals surface area contributed by atoms with Crippen molar-refractivity contribution in [2.75, 3.05) is 11.9 Å². The van der Waals surface area contributed by atoms with Gasteiger partial charge in [-0.2, -0.15) is 0 Å². The van der Waals surface area contributed by atoms with Gasteiger partial charge in [0.1, 0.15) is 12.4 Å². The normalized spacial score (nSPS) is 10.8. The molecule has 0 saturated carbocycles. The third-order valence-electron chi connectivity index (χ3n) is 3.21. The van der Waals surface area contributed by atoms with Crippen molar-refractivity contribution in [3.05, 3.63) is 69.7 Å². The monoisotopic (exact) mass is 349 g/mol. The zero-order valence-corrected chi connectivity index (χ0v) is 14.4. The Kier molecular flexibility index (Phi) is 6.08. The Labute approximate surface area is 145 Å². The Morgan fingerprint density at radius 2 is 1.87 bits per heavy atom. The summed E-state index contributed by atoms with van der Waals surface area (Å²) in [5.41, 5.74) is 2.43. The van der Waals surface area contributed by atoms with Gasteiger partial charge in [-0.25, -0.2) is 0 Å². The van der Waals surface area contributed by atoms with Crippen molar-refractivity contribution >= 4 is 34.8 Å². The van der Waals surface area contributed by atoms with E-state index in [1.54, 1.807) is 12.1 Å². The zero-order valence-electron chi connectivity index (χ0n) is 12.9. The Morgan fingerprint density at radius 3 is 2.57 bits per heavy atom. The van der Waals surface area contributed by atoms with Crippen molar-refractivity contribution in [1.82, 2.24) is 0 Å². The standard InChI is InChI=1S/C18H17Cl2NO2/c1-12-11-15(18(20)13(2)17(12)19)23-10-6-9-16(22)21-14-7-4-3-5-8-14/h3-9,11H,10H2,1-2H3,(H,21,22). The van der Waals surface area contributed by atoms with Crippen molar-refractivity contribution in [3.8, 4) is 5.75 Å². The van der Waals surface area contributed by atoms with Crippen LogP contribution in [0.15, 0.2) is 48.6 Å². The molecule has 2 aromatic rings. The van der Waals surface area contributed by atoms with Gasteiger partial charge in [0.25, 0.3) is 0 Å². The fourth-order valence-electron chi connectivity index (χ4n) is 2.00. The first kappa shape index (κ1) is 17.4. The van der Waals surface area contributed by atoms with Crippen LogP contribution in [0.5, 0.6) is 5.75 Å². The summed E-state index contributed by atoms with van der Waals surface area (Å²) in [5.74, 6) is 0.341. The van der Waals surface area contributed by atoms with E-state index < -0.39 is 0 Å². The van der Waals surface area contributed by atoms with Crippen LogP contribution >= 0.6 is 23.2 Å². The lowest BCUT2D eigenvalue weighted by atomic mass is 10.1. The molecule has 2 rings (SSSR count). The van der Waals surface area contributed by atoms with E-state index in [-0.39, 0.29) is 12.5 Å². The quantitative estimate of drug-likeness (QED) is 0.754. The molecule has 23 heavy (non-hydrogen) atoms. The number of aryl methyl sites for hydroxylation is 1. The maximum atomic E-state index is 11.7. The Balaban J connectivity index is 1.91. The lowest BCUT2D eigenvalue weighted by molar-refractivity contribution is -0.111. The summed E-state index contributed by atoms with van der Waals surface area (Å²) in [6, 6.07) is 11.0. The summed E-state index contributed by atoms with van der Waals surface area (Å²) in [7, 11) is 0. The van der Waals surface area contributed by atoms with Gasteiger partial charge in [0.15, 0.2) is 0 Å². The summed E-state index contributed by atoms with van der Waals surface area (Å²) < 4.78 is 5.60. The summed E-state index contributed by atoms with van der Waals surface area (Å²) in [6.07, 6.45) is 3.06. The molecule has 2 aromatic carbocycles. The highest BCUT2D eigenvalue weighted by atomic mass is 35.5. The van der Waals surface area contributed by atoms with Gasteiger partial charge in [0.05, 0.1) is 5.02 Å². The van der Waals surface area contributed by atoms with Crippen LogP contribution in [0.3, 0.4) is 0 Å². The lowest BCUT2D eigenvalue weighted by Gasteiger charge is -2.11. The molecule has 0 radical (unpaired) electrons. The van der Waals surface area contributed by atoms with E-state index in [0.29, 0.717) is 15.8 Å². The van der Waals surface area contributed by atoms with Crippen LogP contribution in [-0.2, 0) is 4.79 Å². The van der Waals surface area contributed by atoms with E-state index in [1.165, 1.54) is 6.08 Å². The van der Waals surface area contributed by atoms with E-state index in [0.717, 1.165) is 16.8 Å². The van der Waals surface area contributed by atoms with Crippen LogP contribution in [-0.4, -0.2) is 12.5 Å². The fourth-order valence-corrected chi connectivity index (χ4v) is 2.40. The smallest absolute Gasteiger partial charge is 0.248 e. The van der Waals surface area contributed by atoms with Crippen molar-refractivity contribution in [1.29, 1.82) is 0 Å². The molecule has 0 heterocycles. The number of halogens is 2. The van der Waals surface area contributed by atoms with Gasteiger partial charge in [-0.05, 0) is 49.2 Å². The highest BCUT2D eigenvalue weighted by molar-refractivity contribution is 6.37. The first-order chi connectivity index (χ1) is 11.0. The predicted molar refractivity (Wildman–Crippen MR) is 95.6 cm³/mol. The number of rotatable bonds is 5. The number of ether oxygens (including phenoxy) is 1. The van der Waals surface area contributed by atoms with E-state index in [1.807, 2.05) is 44.2 Å². The second-order valence-electron chi connectivity index (χ2n) is 5.01. The first-order valence-corrected chi connectivity index (χ1v) is 7.85. The first-order valence-electron chi connectivity index (χ1n) is 7.09. The van der Waals surface area contributed by atoms with E-state index in [2.05, 4.69) is 5.32 Å². The molecule has 5 heteroatoms. The van der Waals surface area contributed by atoms with Gasteiger partial charge in [-0.1, -0.05) is 41.4 Å². The highest BCUT2D eigenvalue weighted by Crippen LogP contribution is 2.35. The van der Waals surface area contributed by atoms with Crippen LogP contribution in [0.4, 0.5) is 5.69 Å². The summed E-state index contributed by atoms with van der Waals surface area (Å²) in [6.45, 7) is 3.97.